The Balaban J connectivity index is 2.18. The molecule has 1 aromatic carbocycles. The summed E-state index contributed by atoms with van der Waals surface area (Å²) in [6, 6.07) is 10.7. The van der Waals surface area contributed by atoms with Crippen LogP contribution in [0.1, 0.15) is 5.56 Å². The fourth-order valence-corrected chi connectivity index (χ4v) is 4.93. The van der Waals surface area contributed by atoms with Crippen molar-refractivity contribution in [3.8, 4) is 0 Å². The largest absolute Gasteiger partial charge is 0.480 e. The highest BCUT2D eigenvalue weighted by atomic mass is 79.9. The summed E-state index contributed by atoms with van der Waals surface area (Å²) in [5.41, 5.74) is 0.750. The van der Waals surface area contributed by atoms with Gasteiger partial charge < -0.3 is 5.11 Å². The number of sulfonamides is 1. The monoisotopic (exact) mass is 389 g/mol. The third-order valence-corrected chi connectivity index (χ3v) is 6.28. The standard InChI is InChI=1S/C13H12BrNO4S2/c14-11-6-7-12(20-11)21(18,19)15-10(13(16)17)8-9-4-2-1-3-5-9/h1-7,10,15H,8H2,(H,16,17)/t10-/m0/s1. The number of hydrogen-bond acceptors (Lipinski definition) is 4. The number of benzene rings is 1. The molecule has 0 aliphatic carbocycles. The Labute approximate surface area is 134 Å². The van der Waals surface area contributed by atoms with Gasteiger partial charge in [0.15, 0.2) is 0 Å². The highest BCUT2D eigenvalue weighted by Gasteiger charge is 2.26. The molecule has 0 spiro atoms. The highest BCUT2D eigenvalue weighted by molar-refractivity contribution is 9.11. The van der Waals surface area contributed by atoms with E-state index in [0.717, 1.165) is 16.9 Å². The molecule has 0 aliphatic heterocycles. The fourth-order valence-electron chi connectivity index (χ4n) is 1.72. The van der Waals surface area contributed by atoms with E-state index in [1.54, 1.807) is 30.3 Å². The van der Waals surface area contributed by atoms with E-state index in [-0.39, 0.29) is 10.6 Å². The maximum Gasteiger partial charge on any atom is 0.322 e. The summed E-state index contributed by atoms with van der Waals surface area (Å²) in [4.78, 5) is 11.3. The summed E-state index contributed by atoms with van der Waals surface area (Å²) >= 11 is 4.21. The van der Waals surface area contributed by atoms with E-state index in [4.69, 9.17) is 0 Å². The number of rotatable bonds is 6. The van der Waals surface area contributed by atoms with Crippen LogP contribution in [-0.2, 0) is 21.2 Å². The van der Waals surface area contributed by atoms with Crippen molar-refractivity contribution in [3.05, 3.63) is 51.8 Å². The van der Waals surface area contributed by atoms with Crippen molar-refractivity contribution in [1.29, 1.82) is 0 Å². The average Bonchev–Trinajstić information content (AvgIpc) is 2.86. The van der Waals surface area contributed by atoms with Gasteiger partial charge in [0, 0.05) is 0 Å². The van der Waals surface area contributed by atoms with E-state index in [2.05, 4.69) is 20.7 Å². The SMILES string of the molecule is O=C(O)[C@H](Cc1ccccc1)NS(=O)(=O)c1ccc(Br)s1. The molecule has 2 N–H and O–H groups in total. The molecular weight excluding hydrogens is 378 g/mol. The summed E-state index contributed by atoms with van der Waals surface area (Å²) in [7, 11) is -3.85. The van der Waals surface area contributed by atoms with Crippen LogP contribution < -0.4 is 4.72 Å². The highest BCUT2D eigenvalue weighted by Crippen LogP contribution is 2.26. The number of carboxylic acid groups (broad SMARTS) is 1. The number of carbonyl (C=O) groups is 1. The van der Waals surface area contributed by atoms with E-state index in [1.165, 1.54) is 6.07 Å². The molecule has 1 aromatic heterocycles. The minimum Gasteiger partial charge on any atom is -0.480 e. The summed E-state index contributed by atoms with van der Waals surface area (Å²) < 4.78 is 27.3. The van der Waals surface area contributed by atoms with Gasteiger partial charge in [0.05, 0.1) is 3.79 Å². The summed E-state index contributed by atoms with van der Waals surface area (Å²) in [5.74, 6) is -1.21. The zero-order valence-corrected chi connectivity index (χ0v) is 13.9. The number of aliphatic carboxylic acids is 1. The van der Waals surface area contributed by atoms with E-state index >= 15 is 0 Å². The lowest BCUT2D eigenvalue weighted by atomic mass is 10.1. The number of thiophene rings is 1. The first kappa shape index (κ1) is 16.2. The van der Waals surface area contributed by atoms with Gasteiger partial charge in [-0.25, -0.2) is 8.42 Å². The molecule has 0 aliphatic rings. The second-order valence-corrected chi connectivity index (χ2v) is 8.66. The third-order valence-electron chi connectivity index (χ3n) is 2.69. The quantitative estimate of drug-likeness (QED) is 0.794. The Morgan fingerprint density at radius 2 is 1.90 bits per heavy atom. The molecule has 2 aromatic rings. The van der Waals surface area contributed by atoms with E-state index in [0.29, 0.717) is 3.79 Å². The van der Waals surface area contributed by atoms with Gasteiger partial charge in [0.1, 0.15) is 10.3 Å². The van der Waals surface area contributed by atoms with Gasteiger partial charge >= 0.3 is 5.97 Å². The number of nitrogens with one attached hydrogen (secondary N) is 1. The molecule has 1 heterocycles. The van der Waals surface area contributed by atoms with Crippen molar-refractivity contribution in [2.45, 2.75) is 16.7 Å². The second kappa shape index (κ2) is 6.69. The number of carboxylic acids is 1. The lowest BCUT2D eigenvalue weighted by Gasteiger charge is -2.14. The van der Waals surface area contributed by atoms with Crippen molar-refractivity contribution in [2.75, 3.05) is 0 Å². The van der Waals surface area contributed by atoms with Gasteiger partial charge in [0.25, 0.3) is 10.0 Å². The Kier molecular flexibility index (Phi) is 5.15. The molecule has 5 nitrogen and oxygen atoms in total. The smallest absolute Gasteiger partial charge is 0.322 e. The second-order valence-electron chi connectivity index (χ2n) is 4.26. The first-order valence-electron chi connectivity index (χ1n) is 5.93. The molecular formula is C13H12BrNO4S2. The predicted molar refractivity (Wildman–Crippen MR) is 83.9 cm³/mol. The van der Waals surface area contributed by atoms with Crippen LogP contribution in [0.3, 0.4) is 0 Å². The van der Waals surface area contributed by atoms with E-state index in [1.807, 2.05) is 6.07 Å². The average molecular weight is 390 g/mol. The van der Waals surface area contributed by atoms with E-state index < -0.39 is 22.0 Å². The van der Waals surface area contributed by atoms with Crippen molar-refractivity contribution >= 4 is 43.3 Å². The molecule has 2 rings (SSSR count). The molecule has 112 valence electrons. The predicted octanol–water partition coefficient (Wildman–Crippen LogP) is 2.48. The zero-order valence-electron chi connectivity index (χ0n) is 10.7. The normalized spacial score (nSPS) is 13.0. The minimum absolute atomic E-state index is 0.0775. The summed E-state index contributed by atoms with van der Waals surface area (Å²) in [6.45, 7) is 0. The van der Waals surface area contributed by atoms with Gasteiger partial charge in [-0.3, -0.25) is 4.79 Å². The molecule has 8 heteroatoms. The van der Waals surface area contributed by atoms with Crippen LogP contribution in [0.5, 0.6) is 0 Å². The zero-order chi connectivity index (χ0) is 15.5. The van der Waals surface area contributed by atoms with Gasteiger partial charge in [0.2, 0.25) is 0 Å². The lowest BCUT2D eigenvalue weighted by molar-refractivity contribution is -0.138. The Hall–Kier alpha value is -1.22. The fraction of sp³-hybridized carbons (Fsp3) is 0.154. The Morgan fingerprint density at radius 1 is 1.24 bits per heavy atom. The van der Waals surface area contributed by atoms with Crippen LogP contribution in [0, 0.1) is 0 Å². The summed E-state index contributed by atoms with van der Waals surface area (Å²) in [5, 5.41) is 9.22. The Morgan fingerprint density at radius 3 is 2.43 bits per heavy atom. The van der Waals surface area contributed by atoms with Crippen LogP contribution >= 0.6 is 27.3 Å². The molecule has 0 amide bonds. The number of halogens is 1. The van der Waals surface area contributed by atoms with Gasteiger partial charge in [-0.2, -0.15) is 4.72 Å². The molecule has 0 saturated heterocycles. The molecule has 21 heavy (non-hydrogen) atoms. The molecule has 0 unspecified atom stereocenters. The van der Waals surface area contributed by atoms with Crippen molar-refractivity contribution in [1.82, 2.24) is 4.72 Å². The third kappa shape index (κ3) is 4.37. The minimum atomic E-state index is -3.85. The van der Waals surface area contributed by atoms with Gasteiger partial charge in [-0.1, -0.05) is 30.3 Å². The van der Waals surface area contributed by atoms with Crippen LogP contribution in [0.2, 0.25) is 0 Å². The van der Waals surface area contributed by atoms with E-state index in [9.17, 15) is 18.3 Å². The summed E-state index contributed by atoms with van der Waals surface area (Å²) in [6.07, 6.45) is 0.0853. The molecule has 0 radical (unpaired) electrons. The number of hydrogen-bond donors (Lipinski definition) is 2. The van der Waals surface area contributed by atoms with Crippen LogP contribution in [0.4, 0.5) is 0 Å². The van der Waals surface area contributed by atoms with Gasteiger partial charge in [-0.15, -0.1) is 11.3 Å². The first-order valence-corrected chi connectivity index (χ1v) is 9.02. The van der Waals surface area contributed by atoms with Crippen molar-refractivity contribution in [2.24, 2.45) is 0 Å². The lowest BCUT2D eigenvalue weighted by Crippen LogP contribution is -2.42. The van der Waals surface area contributed by atoms with Crippen LogP contribution in [0.25, 0.3) is 0 Å². The Bertz CT molecular complexity index is 728. The first-order chi connectivity index (χ1) is 9.88. The van der Waals surface area contributed by atoms with Crippen molar-refractivity contribution in [3.63, 3.8) is 0 Å². The molecule has 1 atom stereocenters. The van der Waals surface area contributed by atoms with Crippen molar-refractivity contribution < 1.29 is 18.3 Å². The molecule has 0 saturated carbocycles. The van der Waals surface area contributed by atoms with Crippen LogP contribution in [0.15, 0.2) is 50.5 Å². The maximum absolute atomic E-state index is 12.2. The molecule has 0 fully saturated rings. The van der Waals surface area contributed by atoms with Gasteiger partial charge in [-0.05, 0) is 40.0 Å². The molecule has 0 bridgehead atoms. The topological polar surface area (TPSA) is 83.5 Å². The maximum atomic E-state index is 12.2. The van der Waals surface area contributed by atoms with Crippen LogP contribution in [-0.4, -0.2) is 25.5 Å².